The van der Waals surface area contributed by atoms with E-state index in [-0.39, 0.29) is 0 Å². The van der Waals surface area contributed by atoms with E-state index in [0.29, 0.717) is 10.7 Å². The number of thiazole rings is 1. The van der Waals surface area contributed by atoms with E-state index in [1.807, 2.05) is 18.5 Å². The third-order valence-electron chi connectivity index (χ3n) is 2.39. The number of hydrogen-bond acceptors (Lipinski definition) is 4. The number of aryl methyl sites for hydroxylation is 1. The molecule has 0 aliphatic heterocycles. The molecule has 2 aromatic rings. The molecule has 6 heteroatoms. The molecule has 0 saturated carbocycles. The topological polar surface area (TPSA) is 46.5 Å². The second-order valence-corrected chi connectivity index (χ2v) is 5.60. The van der Waals surface area contributed by atoms with E-state index in [1.54, 1.807) is 11.3 Å². The lowest BCUT2D eigenvalue weighted by atomic mass is 10.1. The van der Waals surface area contributed by atoms with Gasteiger partial charge in [-0.05, 0) is 25.1 Å². The van der Waals surface area contributed by atoms with Crippen LogP contribution in [-0.2, 0) is 7.05 Å². The Labute approximate surface area is 103 Å². The number of hydrogen-bond donors (Lipinski definition) is 1. The van der Waals surface area contributed by atoms with Gasteiger partial charge in [-0.25, -0.2) is 4.98 Å². The first-order chi connectivity index (χ1) is 7.50. The standard InChI is InChI=1S/C10H14N4S2/c1-5(2)7-8(16-6(3)11-7)9-12-13-10(15)14(9)4/h5H,1-4H3,(H,13,15). The first kappa shape index (κ1) is 11.5. The van der Waals surface area contributed by atoms with E-state index in [0.717, 1.165) is 21.4 Å². The minimum Gasteiger partial charge on any atom is -0.303 e. The molecule has 2 aromatic heterocycles. The zero-order valence-corrected chi connectivity index (χ0v) is 11.4. The lowest BCUT2D eigenvalue weighted by Gasteiger charge is -2.03. The Morgan fingerprint density at radius 2 is 2.12 bits per heavy atom. The third kappa shape index (κ3) is 1.82. The van der Waals surface area contributed by atoms with Crippen molar-refractivity contribution in [2.75, 3.05) is 0 Å². The normalized spacial score (nSPS) is 11.3. The van der Waals surface area contributed by atoms with E-state index in [4.69, 9.17) is 12.2 Å². The fourth-order valence-corrected chi connectivity index (χ4v) is 2.78. The van der Waals surface area contributed by atoms with Gasteiger partial charge in [-0.1, -0.05) is 13.8 Å². The highest BCUT2D eigenvalue weighted by Crippen LogP contribution is 2.32. The van der Waals surface area contributed by atoms with Crippen LogP contribution in [0.3, 0.4) is 0 Å². The summed E-state index contributed by atoms with van der Waals surface area (Å²) in [7, 11) is 1.92. The lowest BCUT2D eigenvalue weighted by Crippen LogP contribution is -1.96. The van der Waals surface area contributed by atoms with Gasteiger partial charge < -0.3 is 4.57 Å². The Morgan fingerprint density at radius 1 is 1.44 bits per heavy atom. The third-order valence-corrected chi connectivity index (χ3v) is 3.74. The maximum atomic E-state index is 5.12. The maximum Gasteiger partial charge on any atom is 0.195 e. The van der Waals surface area contributed by atoms with Crippen molar-refractivity contribution >= 4 is 23.6 Å². The molecule has 0 radical (unpaired) electrons. The average molecular weight is 254 g/mol. The van der Waals surface area contributed by atoms with E-state index in [9.17, 15) is 0 Å². The molecule has 0 bridgehead atoms. The molecule has 0 saturated heterocycles. The molecule has 0 amide bonds. The summed E-state index contributed by atoms with van der Waals surface area (Å²) in [6.45, 7) is 6.29. The van der Waals surface area contributed by atoms with Gasteiger partial charge in [0.2, 0.25) is 0 Å². The molecule has 0 unspecified atom stereocenters. The monoisotopic (exact) mass is 254 g/mol. The van der Waals surface area contributed by atoms with Crippen molar-refractivity contribution < 1.29 is 0 Å². The second-order valence-electron chi connectivity index (χ2n) is 4.01. The van der Waals surface area contributed by atoms with Crippen LogP contribution in [0.1, 0.15) is 30.5 Å². The number of rotatable bonds is 2. The van der Waals surface area contributed by atoms with Crippen molar-refractivity contribution in [3.8, 4) is 10.7 Å². The highest BCUT2D eigenvalue weighted by Gasteiger charge is 2.17. The smallest absolute Gasteiger partial charge is 0.195 e. The van der Waals surface area contributed by atoms with Crippen molar-refractivity contribution in [2.24, 2.45) is 7.05 Å². The summed E-state index contributed by atoms with van der Waals surface area (Å²) in [5, 5.41) is 8.13. The Kier molecular flexibility index (Phi) is 2.94. The molecular formula is C10H14N4S2. The molecule has 16 heavy (non-hydrogen) atoms. The summed E-state index contributed by atoms with van der Waals surface area (Å²) < 4.78 is 2.52. The zero-order valence-electron chi connectivity index (χ0n) is 9.74. The molecule has 1 N–H and O–H groups in total. The van der Waals surface area contributed by atoms with Crippen LogP contribution in [0.4, 0.5) is 0 Å². The Hall–Kier alpha value is -1.01. The molecular weight excluding hydrogens is 240 g/mol. The fourth-order valence-electron chi connectivity index (χ4n) is 1.54. The molecule has 0 aliphatic rings. The maximum absolute atomic E-state index is 5.12. The highest BCUT2D eigenvalue weighted by molar-refractivity contribution is 7.71. The van der Waals surface area contributed by atoms with E-state index >= 15 is 0 Å². The SMILES string of the molecule is Cc1nc(C(C)C)c(-c2n[nH]c(=S)n2C)s1. The van der Waals surface area contributed by atoms with Crippen molar-refractivity contribution in [3.05, 3.63) is 15.5 Å². The first-order valence-corrected chi connectivity index (χ1v) is 6.32. The van der Waals surface area contributed by atoms with Crippen molar-refractivity contribution in [2.45, 2.75) is 26.7 Å². The summed E-state index contributed by atoms with van der Waals surface area (Å²) in [6, 6.07) is 0. The van der Waals surface area contributed by atoms with E-state index in [1.165, 1.54) is 0 Å². The fraction of sp³-hybridized carbons (Fsp3) is 0.500. The molecule has 0 aromatic carbocycles. The van der Waals surface area contributed by atoms with Crippen LogP contribution in [0.25, 0.3) is 10.7 Å². The molecule has 0 fully saturated rings. The van der Waals surface area contributed by atoms with Gasteiger partial charge in [0, 0.05) is 7.05 Å². The van der Waals surface area contributed by atoms with Gasteiger partial charge in [0.15, 0.2) is 10.6 Å². The second kappa shape index (κ2) is 4.10. The Balaban J connectivity index is 2.64. The molecule has 4 nitrogen and oxygen atoms in total. The summed E-state index contributed by atoms with van der Waals surface area (Å²) in [4.78, 5) is 5.67. The number of nitrogens with zero attached hydrogens (tertiary/aromatic N) is 3. The molecule has 0 aliphatic carbocycles. The van der Waals surface area contributed by atoms with E-state index in [2.05, 4.69) is 29.0 Å². The summed E-state index contributed by atoms with van der Waals surface area (Å²) in [5.41, 5.74) is 1.10. The number of aromatic nitrogens is 4. The number of aromatic amines is 1. The van der Waals surface area contributed by atoms with Crippen LogP contribution in [-0.4, -0.2) is 19.7 Å². The molecule has 2 rings (SSSR count). The minimum atomic E-state index is 0.394. The van der Waals surface area contributed by atoms with Gasteiger partial charge in [-0.15, -0.1) is 11.3 Å². The Morgan fingerprint density at radius 3 is 2.62 bits per heavy atom. The quantitative estimate of drug-likeness (QED) is 0.838. The van der Waals surface area contributed by atoms with Gasteiger partial charge in [0.1, 0.15) is 0 Å². The number of H-pyrrole nitrogens is 1. The van der Waals surface area contributed by atoms with Crippen LogP contribution in [0, 0.1) is 11.7 Å². The van der Waals surface area contributed by atoms with Crippen molar-refractivity contribution in [1.82, 2.24) is 19.7 Å². The summed E-state index contributed by atoms with van der Waals surface area (Å²) in [5.74, 6) is 1.27. The van der Waals surface area contributed by atoms with E-state index < -0.39 is 0 Å². The average Bonchev–Trinajstić information content (AvgIpc) is 2.73. The van der Waals surface area contributed by atoms with Gasteiger partial charge in [-0.2, -0.15) is 5.10 Å². The van der Waals surface area contributed by atoms with Crippen LogP contribution < -0.4 is 0 Å². The van der Waals surface area contributed by atoms with Crippen LogP contribution in [0.2, 0.25) is 0 Å². The van der Waals surface area contributed by atoms with Crippen molar-refractivity contribution in [1.29, 1.82) is 0 Å². The van der Waals surface area contributed by atoms with Gasteiger partial charge in [0.25, 0.3) is 0 Å². The molecule has 2 heterocycles. The van der Waals surface area contributed by atoms with Gasteiger partial charge >= 0.3 is 0 Å². The minimum absolute atomic E-state index is 0.394. The predicted octanol–water partition coefficient (Wildman–Crippen LogP) is 3.03. The Bertz CT molecular complexity index is 562. The van der Waals surface area contributed by atoms with Crippen LogP contribution in [0.5, 0.6) is 0 Å². The molecule has 0 spiro atoms. The largest absolute Gasteiger partial charge is 0.303 e. The predicted molar refractivity (Wildman–Crippen MR) is 68.3 cm³/mol. The van der Waals surface area contributed by atoms with Gasteiger partial charge in [-0.3, -0.25) is 5.10 Å². The summed E-state index contributed by atoms with van der Waals surface area (Å²) >= 11 is 6.78. The lowest BCUT2D eigenvalue weighted by molar-refractivity contribution is 0.824. The molecule has 0 atom stereocenters. The van der Waals surface area contributed by atoms with Crippen molar-refractivity contribution in [3.63, 3.8) is 0 Å². The number of nitrogens with one attached hydrogen (secondary N) is 1. The first-order valence-electron chi connectivity index (χ1n) is 5.09. The van der Waals surface area contributed by atoms with Crippen LogP contribution in [0.15, 0.2) is 0 Å². The zero-order chi connectivity index (χ0) is 11.9. The molecule has 86 valence electrons. The summed E-state index contributed by atoms with van der Waals surface area (Å²) in [6.07, 6.45) is 0. The van der Waals surface area contributed by atoms with Gasteiger partial charge in [0.05, 0.1) is 15.6 Å². The van der Waals surface area contributed by atoms with Crippen LogP contribution >= 0.6 is 23.6 Å². The highest BCUT2D eigenvalue weighted by atomic mass is 32.1.